The Labute approximate surface area is 130 Å². The second-order valence-electron chi connectivity index (χ2n) is 4.19. The van der Waals surface area contributed by atoms with Crippen LogP contribution in [0.5, 0.6) is 0 Å². The van der Waals surface area contributed by atoms with Crippen LogP contribution in [0.1, 0.15) is 22.1 Å². The minimum absolute atomic E-state index is 0.217. The molecule has 1 N–H and O–H groups in total. The topological polar surface area (TPSA) is 68.3 Å². The Morgan fingerprint density at radius 3 is 2.48 bits per heavy atom. The van der Waals surface area contributed by atoms with E-state index >= 15 is 0 Å². The number of esters is 1. The quantitative estimate of drug-likeness (QED) is 0.680. The molecule has 0 aliphatic carbocycles. The van der Waals surface area contributed by atoms with Gasteiger partial charge in [0.05, 0.1) is 7.11 Å². The number of halogens is 1. The molecule has 0 saturated heterocycles. The molecule has 1 aromatic heterocycles. The average molecular weight is 349 g/mol. The first kappa shape index (κ1) is 15.2. The lowest BCUT2D eigenvalue weighted by molar-refractivity contribution is -0.143. The third-order valence-electron chi connectivity index (χ3n) is 2.79. The van der Waals surface area contributed by atoms with E-state index in [1.807, 2.05) is 6.07 Å². The molecular weight excluding hydrogens is 336 g/mol. The third-order valence-corrected chi connectivity index (χ3v) is 3.23. The SMILES string of the molecule is COC(=O)C(NC(=O)c1cccc(Br)n1)c1ccccc1. The van der Waals surface area contributed by atoms with Gasteiger partial charge in [0.25, 0.3) is 5.91 Å². The molecule has 0 aliphatic heterocycles. The van der Waals surface area contributed by atoms with Gasteiger partial charge in [-0.2, -0.15) is 0 Å². The number of carbonyl (C=O) groups is 2. The van der Waals surface area contributed by atoms with Crippen molar-refractivity contribution in [2.75, 3.05) is 7.11 Å². The smallest absolute Gasteiger partial charge is 0.333 e. The summed E-state index contributed by atoms with van der Waals surface area (Å²) in [5.41, 5.74) is 0.863. The minimum Gasteiger partial charge on any atom is -0.467 e. The summed E-state index contributed by atoms with van der Waals surface area (Å²) in [4.78, 5) is 28.1. The largest absolute Gasteiger partial charge is 0.467 e. The molecular formula is C15H13BrN2O3. The van der Waals surface area contributed by atoms with Crippen LogP contribution in [0.25, 0.3) is 0 Å². The molecule has 0 fully saturated rings. The number of pyridine rings is 1. The van der Waals surface area contributed by atoms with Gasteiger partial charge in [0, 0.05) is 0 Å². The van der Waals surface area contributed by atoms with Gasteiger partial charge in [0.2, 0.25) is 0 Å². The summed E-state index contributed by atoms with van der Waals surface area (Å²) in [6.07, 6.45) is 0. The predicted octanol–water partition coefficient (Wildman–Crippen LogP) is 2.49. The van der Waals surface area contributed by atoms with Crippen molar-refractivity contribution in [2.45, 2.75) is 6.04 Å². The number of benzene rings is 1. The van der Waals surface area contributed by atoms with Crippen LogP contribution in [0, 0.1) is 0 Å². The maximum Gasteiger partial charge on any atom is 0.333 e. The maximum absolute atomic E-state index is 12.2. The van der Waals surface area contributed by atoms with E-state index in [0.717, 1.165) is 0 Å². The van der Waals surface area contributed by atoms with Crippen molar-refractivity contribution in [3.63, 3.8) is 0 Å². The zero-order chi connectivity index (χ0) is 15.2. The summed E-state index contributed by atoms with van der Waals surface area (Å²) in [6, 6.07) is 13.0. The van der Waals surface area contributed by atoms with Crippen molar-refractivity contribution in [1.82, 2.24) is 10.3 Å². The summed E-state index contributed by atoms with van der Waals surface area (Å²) in [7, 11) is 1.28. The van der Waals surface area contributed by atoms with Crippen molar-refractivity contribution in [3.8, 4) is 0 Å². The molecule has 0 saturated carbocycles. The number of aromatic nitrogens is 1. The van der Waals surface area contributed by atoms with Gasteiger partial charge in [-0.25, -0.2) is 9.78 Å². The van der Waals surface area contributed by atoms with E-state index in [9.17, 15) is 9.59 Å². The Morgan fingerprint density at radius 1 is 1.14 bits per heavy atom. The number of nitrogens with one attached hydrogen (secondary N) is 1. The van der Waals surface area contributed by atoms with Crippen LogP contribution in [0.4, 0.5) is 0 Å². The number of amides is 1. The first-order chi connectivity index (χ1) is 10.1. The number of carbonyl (C=O) groups excluding carboxylic acids is 2. The highest BCUT2D eigenvalue weighted by Crippen LogP contribution is 2.15. The van der Waals surface area contributed by atoms with E-state index in [2.05, 4.69) is 26.2 Å². The van der Waals surface area contributed by atoms with Gasteiger partial charge in [0.15, 0.2) is 6.04 Å². The third kappa shape index (κ3) is 3.88. The van der Waals surface area contributed by atoms with Gasteiger partial charge in [-0.3, -0.25) is 4.79 Å². The molecule has 0 bridgehead atoms. The Hall–Kier alpha value is -2.21. The molecule has 1 heterocycles. The van der Waals surface area contributed by atoms with E-state index in [-0.39, 0.29) is 5.69 Å². The Balaban J connectivity index is 2.23. The van der Waals surface area contributed by atoms with Gasteiger partial charge >= 0.3 is 5.97 Å². The summed E-state index contributed by atoms with van der Waals surface area (Å²) < 4.78 is 5.29. The van der Waals surface area contributed by atoms with Crippen LogP contribution in [0.2, 0.25) is 0 Å². The summed E-state index contributed by atoms with van der Waals surface area (Å²) in [5, 5.41) is 2.63. The zero-order valence-corrected chi connectivity index (χ0v) is 12.8. The Kier molecular flexibility index (Phi) is 5.05. The molecule has 1 amide bonds. The van der Waals surface area contributed by atoms with Crippen molar-refractivity contribution in [2.24, 2.45) is 0 Å². The molecule has 6 heteroatoms. The lowest BCUT2D eigenvalue weighted by Crippen LogP contribution is -2.35. The number of hydrogen-bond acceptors (Lipinski definition) is 4. The molecule has 2 aromatic rings. The van der Waals surface area contributed by atoms with Crippen LogP contribution in [-0.4, -0.2) is 24.0 Å². The van der Waals surface area contributed by atoms with E-state index in [0.29, 0.717) is 10.2 Å². The van der Waals surface area contributed by atoms with Crippen molar-refractivity contribution < 1.29 is 14.3 Å². The second-order valence-corrected chi connectivity index (χ2v) is 5.00. The van der Waals surface area contributed by atoms with Crippen molar-refractivity contribution in [1.29, 1.82) is 0 Å². The summed E-state index contributed by atoms with van der Waals surface area (Å²) >= 11 is 3.20. The number of ether oxygens (including phenoxy) is 1. The van der Waals surface area contributed by atoms with Crippen molar-refractivity contribution >= 4 is 27.8 Å². The molecule has 0 aliphatic rings. The lowest BCUT2D eigenvalue weighted by atomic mass is 10.1. The van der Waals surface area contributed by atoms with E-state index in [1.165, 1.54) is 7.11 Å². The summed E-state index contributed by atoms with van der Waals surface area (Å²) in [5.74, 6) is -0.986. The molecule has 1 aromatic carbocycles. The summed E-state index contributed by atoms with van der Waals surface area (Å²) in [6.45, 7) is 0. The maximum atomic E-state index is 12.2. The fourth-order valence-corrected chi connectivity index (χ4v) is 2.13. The minimum atomic E-state index is -0.871. The monoisotopic (exact) mass is 348 g/mol. The van der Waals surface area contributed by atoms with Crippen LogP contribution in [-0.2, 0) is 9.53 Å². The number of hydrogen-bond donors (Lipinski definition) is 1. The first-order valence-corrected chi connectivity index (χ1v) is 6.97. The predicted molar refractivity (Wildman–Crippen MR) is 80.6 cm³/mol. The van der Waals surface area contributed by atoms with Crippen LogP contribution >= 0.6 is 15.9 Å². The molecule has 1 unspecified atom stereocenters. The standard InChI is InChI=1S/C15H13BrN2O3/c1-21-15(20)13(10-6-3-2-4-7-10)18-14(19)11-8-5-9-12(16)17-11/h2-9,13H,1H3,(H,18,19). The van der Waals surface area contributed by atoms with E-state index in [1.54, 1.807) is 42.5 Å². The van der Waals surface area contributed by atoms with Crippen LogP contribution < -0.4 is 5.32 Å². The van der Waals surface area contributed by atoms with Crippen LogP contribution in [0.15, 0.2) is 53.1 Å². The number of methoxy groups -OCH3 is 1. The molecule has 0 radical (unpaired) electrons. The van der Waals surface area contributed by atoms with Gasteiger partial charge < -0.3 is 10.1 Å². The Bertz CT molecular complexity index is 646. The number of nitrogens with zero attached hydrogens (tertiary/aromatic N) is 1. The fourth-order valence-electron chi connectivity index (χ4n) is 1.78. The van der Waals surface area contributed by atoms with Crippen molar-refractivity contribution in [3.05, 3.63) is 64.4 Å². The van der Waals surface area contributed by atoms with Gasteiger partial charge in [-0.05, 0) is 33.6 Å². The molecule has 2 rings (SSSR count). The molecule has 21 heavy (non-hydrogen) atoms. The first-order valence-electron chi connectivity index (χ1n) is 6.18. The van der Waals surface area contributed by atoms with E-state index in [4.69, 9.17) is 4.74 Å². The second kappa shape index (κ2) is 6.99. The molecule has 1 atom stereocenters. The highest BCUT2D eigenvalue weighted by molar-refractivity contribution is 9.10. The molecule has 108 valence electrons. The zero-order valence-electron chi connectivity index (χ0n) is 11.2. The molecule has 0 spiro atoms. The molecule has 5 nitrogen and oxygen atoms in total. The normalized spacial score (nSPS) is 11.5. The van der Waals surface area contributed by atoms with Crippen LogP contribution in [0.3, 0.4) is 0 Å². The fraction of sp³-hybridized carbons (Fsp3) is 0.133. The Morgan fingerprint density at radius 2 is 1.86 bits per heavy atom. The van der Waals surface area contributed by atoms with Gasteiger partial charge in [0.1, 0.15) is 10.3 Å². The highest BCUT2D eigenvalue weighted by Gasteiger charge is 2.24. The van der Waals surface area contributed by atoms with Gasteiger partial charge in [-0.1, -0.05) is 36.4 Å². The number of rotatable bonds is 4. The average Bonchev–Trinajstić information content (AvgIpc) is 2.52. The highest BCUT2D eigenvalue weighted by atomic mass is 79.9. The lowest BCUT2D eigenvalue weighted by Gasteiger charge is -2.16. The van der Waals surface area contributed by atoms with Gasteiger partial charge in [-0.15, -0.1) is 0 Å². The van der Waals surface area contributed by atoms with E-state index < -0.39 is 17.9 Å².